The summed E-state index contributed by atoms with van der Waals surface area (Å²) in [5.74, 6) is 1.18. The number of aryl methyl sites for hydroxylation is 2. The summed E-state index contributed by atoms with van der Waals surface area (Å²) in [6.07, 6.45) is 0. The van der Waals surface area contributed by atoms with Crippen molar-refractivity contribution in [2.24, 2.45) is 0 Å². The molecule has 0 bridgehead atoms. The van der Waals surface area contributed by atoms with Crippen LogP contribution in [-0.2, 0) is 10.7 Å². The Labute approximate surface area is 197 Å². The number of halogens is 1. The van der Waals surface area contributed by atoms with Crippen molar-refractivity contribution >= 4 is 29.3 Å². The fourth-order valence-electron chi connectivity index (χ4n) is 3.55. The van der Waals surface area contributed by atoms with Gasteiger partial charge in [-0.2, -0.15) is 0 Å². The Balaban J connectivity index is 1.48. The number of hydrogen-bond acceptors (Lipinski definition) is 5. The second kappa shape index (κ2) is 10.1. The molecule has 0 unspecified atom stereocenters. The Bertz CT molecular complexity index is 1210. The van der Waals surface area contributed by atoms with Crippen LogP contribution in [0, 0.1) is 13.8 Å². The van der Waals surface area contributed by atoms with Gasteiger partial charge in [0.05, 0.1) is 12.8 Å². The highest BCUT2D eigenvalue weighted by molar-refractivity contribution is 7.94. The summed E-state index contributed by atoms with van der Waals surface area (Å²) >= 11 is 7.75. The molecule has 32 heavy (non-hydrogen) atoms. The molecule has 0 saturated carbocycles. The highest BCUT2D eigenvalue weighted by Gasteiger charge is 2.11. The lowest BCUT2D eigenvalue weighted by molar-refractivity contribution is 0.461. The predicted molar refractivity (Wildman–Crippen MR) is 132 cm³/mol. The van der Waals surface area contributed by atoms with Crippen molar-refractivity contribution < 1.29 is 8.92 Å². The molecule has 1 heterocycles. The van der Waals surface area contributed by atoms with E-state index in [2.05, 4.69) is 47.6 Å². The van der Waals surface area contributed by atoms with E-state index >= 15 is 0 Å². The van der Waals surface area contributed by atoms with E-state index in [4.69, 9.17) is 20.5 Å². The number of H-pyrrole nitrogens is 1. The van der Waals surface area contributed by atoms with Crippen molar-refractivity contribution in [1.29, 1.82) is 0 Å². The van der Waals surface area contributed by atoms with Gasteiger partial charge in [0.15, 0.2) is 0 Å². The molecule has 0 spiro atoms. The zero-order valence-electron chi connectivity index (χ0n) is 18.1. The summed E-state index contributed by atoms with van der Waals surface area (Å²) in [7, 11) is 1.65. The van der Waals surface area contributed by atoms with Gasteiger partial charge in [-0.25, -0.2) is 0 Å². The van der Waals surface area contributed by atoms with Crippen LogP contribution in [0.2, 0.25) is 5.02 Å². The van der Waals surface area contributed by atoms with Crippen molar-refractivity contribution in [3.63, 3.8) is 0 Å². The second-order valence-corrected chi connectivity index (χ2v) is 8.75. The molecule has 7 heteroatoms. The van der Waals surface area contributed by atoms with E-state index in [1.54, 1.807) is 7.11 Å². The van der Waals surface area contributed by atoms with E-state index in [1.807, 2.05) is 48.5 Å². The molecule has 0 amide bonds. The molecule has 0 aliphatic carbocycles. The molecule has 1 aromatic heterocycles. The van der Waals surface area contributed by atoms with Crippen LogP contribution in [0.1, 0.15) is 16.7 Å². The zero-order chi connectivity index (χ0) is 22.5. The van der Waals surface area contributed by atoms with Gasteiger partial charge in [0.2, 0.25) is 5.88 Å². The minimum absolute atomic E-state index is 0.508. The minimum atomic E-state index is 0.508. The van der Waals surface area contributed by atoms with Crippen molar-refractivity contribution in [2.75, 3.05) is 12.4 Å². The fourth-order valence-corrected chi connectivity index (χ4v) is 4.23. The standard InChI is InChI=1S/C25H24ClN3O2S/c1-16-6-4-7-17(2)25(16)23-14-24(29-28-23)31-20-10-11-22(26)18(12-20)15-27-19-8-5-9-21(13-19)32-30-3/h4-14,27H,15H2,1-3H3,(H,28,29). The van der Waals surface area contributed by atoms with Crippen molar-refractivity contribution in [3.05, 3.63) is 88.4 Å². The number of benzene rings is 3. The molecule has 164 valence electrons. The van der Waals surface area contributed by atoms with Crippen molar-refractivity contribution in [3.8, 4) is 22.9 Å². The van der Waals surface area contributed by atoms with Crippen molar-refractivity contribution in [1.82, 2.24) is 10.2 Å². The van der Waals surface area contributed by atoms with Gasteiger partial charge in [-0.1, -0.05) is 35.9 Å². The van der Waals surface area contributed by atoms with E-state index in [1.165, 1.54) is 23.2 Å². The number of anilines is 1. The number of ether oxygens (including phenoxy) is 1. The van der Waals surface area contributed by atoms with Gasteiger partial charge >= 0.3 is 0 Å². The average molecular weight is 466 g/mol. The number of aromatic nitrogens is 2. The van der Waals surface area contributed by atoms with Crippen LogP contribution in [0.4, 0.5) is 5.69 Å². The molecular weight excluding hydrogens is 442 g/mol. The van der Waals surface area contributed by atoms with Gasteiger partial charge < -0.3 is 14.2 Å². The first-order chi connectivity index (χ1) is 15.5. The van der Waals surface area contributed by atoms with E-state index in [-0.39, 0.29) is 0 Å². The molecule has 0 aliphatic heterocycles. The number of hydrogen-bond donors (Lipinski definition) is 2. The lowest BCUT2D eigenvalue weighted by atomic mass is 10.0. The first kappa shape index (κ1) is 22.3. The maximum atomic E-state index is 6.42. The molecule has 0 aliphatic rings. The molecule has 0 radical (unpaired) electrons. The van der Waals surface area contributed by atoms with E-state index in [0.29, 0.717) is 23.2 Å². The summed E-state index contributed by atoms with van der Waals surface area (Å²) < 4.78 is 11.1. The quantitative estimate of drug-likeness (QED) is 0.265. The summed E-state index contributed by atoms with van der Waals surface area (Å²) in [4.78, 5) is 1.03. The molecular formula is C25H24ClN3O2S. The van der Waals surface area contributed by atoms with Gasteiger partial charge in [0, 0.05) is 45.8 Å². The monoisotopic (exact) mass is 465 g/mol. The Morgan fingerprint density at radius 2 is 1.78 bits per heavy atom. The predicted octanol–water partition coefficient (Wildman–Crippen LogP) is 7.40. The lowest BCUT2D eigenvalue weighted by Gasteiger charge is -2.11. The number of nitrogens with zero attached hydrogens (tertiary/aromatic N) is 1. The molecule has 3 aromatic carbocycles. The van der Waals surface area contributed by atoms with Gasteiger partial charge in [-0.3, -0.25) is 5.10 Å². The Hall–Kier alpha value is -2.93. The van der Waals surface area contributed by atoms with Crippen LogP contribution in [0.3, 0.4) is 0 Å². The maximum Gasteiger partial charge on any atom is 0.238 e. The lowest BCUT2D eigenvalue weighted by Crippen LogP contribution is -2.00. The summed E-state index contributed by atoms with van der Waals surface area (Å²) in [6, 6.07) is 21.8. The van der Waals surface area contributed by atoms with Crippen LogP contribution in [0.15, 0.2) is 71.6 Å². The Morgan fingerprint density at radius 1 is 1.00 bits per heavy atom. The van der Waals surface area contributed by atoms with Crippen LogP contribution < -0.4 is 10.1 Å². The number of aromatic amines is 1. The van der Waals surface area contributed by atoms with Crippen LogP contribution >= 0.6 is 23.6 Å². The van der Waals surface area contributed by atoms with E-state index < -0.39 is 0 Å². The molecule has 0 fully saturated rings. The smallest absolute Gasteiger partial charge is 0.238 e. The molecule has 5 nitrogen and oxygen atoms in total. The Kier molecular flexibility index (Phi) is 7.05. The van der Waals surface area contributed by atoms with Crippen LogP contribution in [0.25, 0.3) is 11.3 Å². The molecule has 4 rings (SSSR count). The SMILES string of the molecule is COSc1cccc(NCc2cc(Oc3cc(-c4c(C)cccc4C)[nH]n3)ccc2Cl)c1. The van der Waals surface area contributed by atoms with Crippen molar-refractivity contribution in [2.45, 2.75) is 25.3 Å². The van der Waals surface area contributed by atoms with E-state index in [9.17, 15) is 0 Å². The Morgan fingerprint density at radius 3 is 2.56 bits per heavy atom. The second-order valence-electron chi connectivity index (χ2n) is 7.37. The summed E-state index contributed by atoms with van der Waals surface area (Å²) in [6.45, 7) is 4.74. The number of nitrogens with one attached hydrogen (secondary N) is 2. The highest BCUT2D eigenvalue weighted by Crippen LogP contribution is 2.31. The molecule has 0 atom stereocenters. The van der Waals surface area contributed by atoms with Gasteiger partial charge in [0.25, 0.3) is 0 Å². The third kappa shape index (κ3) is 5.27. The fraction of sp³-hybridized carbons (Fsp3) is 0.160. The third-order valence-corrected chi connectivity index (χ3v) is 6.02. The number of rotatable bonds is 8. The molecule has 0 saturated heterocycles. The summed E-state index contributed by atoms with van der Waals surface area (Å²) in [5.41, 5.74) is 6.37. The average Bonchev–Trinajstić information content (AvgIpc) is 3.22. The van der Waals surface area contributed by atoms with Crippen LogP contribution in [0.5, 0.6) is 11.6 Å². The topological polar surface area (TPSA) is 59.2 Å². The normalized spacial score (nSPS) is 10.9. The zero-order valence-corrected chi connectivity index (χ0v) is 19.7. The molecule has 4 aromatic rings. The first-order valence-corrected chi connectivity index (χ1v) is 11.3. The van der Waals surface area contributed by atoms with E-state index in [0.717, 1.165) is 27.4 Å². The maximum absolute atomic E-state index is 6.42. The largest absolute Gasteiger partial charge is 0.438 e. The van der Waals surface area contributed by atoms with Gasteiger partial charge in [-0.05, 0) is 66.9 Å². The van der Waals surface area contributed by atoms with Crippen LogP contribution in [-0.4, -0.2) is 17.3 Å². The van der Waals surface area contributed by atoms with Gasteiger partial charge in [-0.15, -0.1) is 5.10 Å². The molecule has 2 N–H and O–H groups in total. The summed E-state index contributed by atoms with van der Waals surface area (Å²) in [5, 5.41) is 11.5. The highest BCUT2D eigenvalue weighted by atomic mass is 35.5. The third-order valence-electron chi connectivity index (χ3n) is 5.04. The minimum Gasteiger partial charge on any atom is -0.438 e. The van der Waals surface area contributed by atoms with Gasteiger partial charge in [0.1, 0.15) is 5.75 Å². The first-order valence-electron chi connectivity index (χ1n) is 10.2.